The maximum absolute atomic E-state index is 12.6. The Bertz CT molecular complexity index is 1260. The molecule has 2 amide bonds. The lowest BCUT2D eigenvalue weighted by Gasteiger charge is -2.42. The third-order valence-corrected chi connectivity index (χ3v) is 10.1. The van der Waals surface area contributed by atoms with E-state index in [0.717, 1.165) is 39.0 Å². The van der Waals surface area contributed by atoms with Gasteiger partial charge >= 0.3 is 0 Å². The number of fused-ring (bicyclic) bond motifs is 4. The topological polar surface area (TPSA) is 135 Å². The molecule has 6 N–H and O–H groups in total. The number of piperidine rings is 4. The van der Waals surface area contributed by atoms with E-state index in [1.165, 1.54) is 53.0 Å². The van der Waals surface area contributed by atoms with Crippen LogP contribution < -0.4 is 31.6 Å². The molecule has 4 fully saturated rings. The summed E-state index contributed by atoms with van der Waals surface area (Å²) < 4.78 is 10.5. The largest absolute Gasteiger partial charge is 0.496 e. The van der Waals surface area contributed by atoms with Crippen LogP contribution in [0.1, 0.15) is 59.2 Å². The monoisotopic (exact) mass is 682 g/mol. The average molecular weight is 684 g/mol. The zero-order valence-corrected chi connectivity index (χ0v) is 28.3. The fourth-order valence-electron chi connectivity index (χ4n) is 7.06. The maximum atomic E-state index is 12.6. The Morgan fingerprint density at radius 2 is 1.11 bits per heavy atom. The van der Waals surface area contributed by atoms with Gasteiger partial charge in [-0.15, -0.1) is 12.4 Å². The van der Waals surface area contributed by atoms with E-state index >= 15 is 0 Å². The van der Waals surface area contributed by atoms with Crippen LogP contribution in [-0.4, -0.2) is 87.2 Å². The molecule has 0 aliphatic carbocycles. The number of methoxy groups -OCH3 is 2. The molecule has 0 aromatic heterocycles. The van der Waals surface area contributed by atoms with E-state index in [-0.39, 0.29) is 36.3 Å². The number of nitrogens with two attached hydrogens (primary N) is 2. The minimum Gasteiger partial charge on any atom is -0.496 e. The molecule has 4 aliphatic rings. The van der Waals surface area contributed by atoms with Crippen molar-refractivity contribution in [1.82, 2.24) is 20.4 Å². The molecule has 6 rings (SSSR count). The lowest BCUT2D eigenvalue weighted by Crippen LogP contribution is -2.53. The minimum atomic E-state index is -0.136. The van der Waals surface area contributed by atoms with Gasteiger partial charge in [-0.05, 0) is 75.6 Å². The van der Waals surface area contributed by atoms with Gasteiger partial charge in [-0.1, -0.05) is 23.2 Å². The van der Waals surface area contributed by atoms with Gasteiger partial charge in [0, 0.05) is 50.4 Å². The van der Waals surface area contributed by atoms with Crippen molar-refractivity contribution in [2.45, 2.75) is 50.6 Å². The normalized spacial score (nSPS) is 26.7. The van der Waals surface area contributed by atoms with Crippen LogP contribution in [0.25, 0.3) is 0 Å². The van der Waals surface area contributed by atoms with Gasteiger partial charge < -0.3 is 41.4 Å². The molecule has 0 spiro atoms. The number of carbonyl (C=O) groups is 2. The van der Waals surface area contributed by atoms with Crippen LogP contribution in [0, 0.1) is 11.8 Å². The van der Waals surface area contributed by atoms with E-state index in [4.69, 9.17) is 44.1 Å². The first-order valence-corrected chi connectivity index (χ1v) is 16.2. The summed E-state index contributed by atoms with van der Waals surface area (Å²) in [6.07, 6.45) is 6.80. The predicted molar refractivity (Wildman–Crippen MR) is 182 cm³/mol. The maximum Gasteiger partial charge on any atom is 0.255 e. The highest BCUT2D eigenvalue weighted by molar-refractivity contribution is 6.34. The summed E-state index contributed by atoms with van der Waals surface area (Å²) in [5, 5.41) is 7.08. The zero-order valence-electron chi connectivity index (χ0n) is 26.0. The highest BCUT2D eigenvalue weighted by Gasteiger charge is 2.34. The van der Waals surface area contributed by atoms with Crippen molar-refractivity contribution in [3.63, 3.8) is 0 Å². The van der Waals surface area contributed by atoms with Crippen LogP contribution in [0.15, 0.2) is 24.3 Å². The molecule has 0 unspecified atom stereocenters. The second kappa shape index (κ2) is 15.8. The van der Waals surface area contributed by atoms with Gasteiger partial charge in [0.2, 0.25) is 0 Å². The van der Waals surface area contributed by atoms with Crippen LogP contribution in [0.4, 0.5) is 11.4 Å². The summed E-state index contributed by atoms with van der Waals surface area (Å²) in [6, 6.07) is 6.82. The van der Waals surface area contributed by atoms with Crippen molar-refractivity contribution in [3.8, 4) is 11.5 Å². The number of amides is 2. The number of nitrogens with zero attached hydrogens (tertiary/aromatic N) is 2. The van der Waals surface area contributed by atoms with Crippen molar-refractivity contribution >= 4 is 58.8 Å². The third kappa shape index (κ3) is 8.40. The summed E-state index contributed by atoms with van der Waals surface area (Å²) in [4.78, 5) is 30.2. The summed E-state index contributed by atoms with van der Waals surface area (Å²) in [6.45, 7) is 6.68. The van der Waals surface area contributed by atoms with Crippen LogP contribution in [0.3, 0.4) is 0 Å². The fourth-order valence-corrected chi connectivity index (χ4v) is 7.39. The van der Waals surface area contributed by atoms with E-state index in [0.29, 0.717) is 55.9 Å². The molecule has 4 heterocycles. The molecule has 248 valence electrons. The molecule has 2 aromatic rings. The van der Waals surface area contributed by atoms with Crippen LogP contribution in [-0.2, 0) is 0 Å². The van der Waals surface area contributed by atoms with Gasteiger partial charge in [0.05, 0.1) is 46.8 Å². The van der Waals surface area contributed by atoms with Crippen molar-refractivity contribution in [2.75, 3.05) is 65.0 Å². The number of halogens is 3. The van der Waals surface area contributed by atoms with Crippen molar-refractivity contribution in [2.24, 2.45) is 11.8 Å². The smallest absolute Gasteiger partial charge is 0.255 e. The lowest BCUT2D eigenvalue weighted by molar-refractivity contribution is 0.0732. The van der Waals surface area contributed by atoms with E-state index in [9.17, 15) is 9.59 Å². The quantitative estimate of drug-likeness (QED) is 0.322. The summed E-state index contributed by atoms with van der Waals surface area (Å²) >= 11 is 12.1. The van der Waals surface area contributed by atoms with E-state index in [1.807, 2.05) is 0 Å². The first-order valence-electron chi connectivity index (χ1n) is 15.5. The molecule has 4 saturated heterocycles. The molecular formula is C32H45Cl3N6O4. The molecule has 13 heteroatoms. The Labute approximate surface area is 281 Å². The molecular weight excluding hydrogens is 639 g/mol. The number of rotatable bonds is 6. The number of nitrogen functional groups attached to an aromatic ring is 2. The molecule has 2 aromatic carbocycles. The Kier molecular flexibility index (Phi) is 12.4. The number of benzene rings is 2. The highest BCUT2D eigenvalue weighted by atomic mass is 35.5. The summed E-state index contributed by atoms with van der Waals surface area (Å²) in [5.41, 5.74) is 13.2. The van der Waals surface area contributed by atoms with Gasteiger partial charge in [0.1, 0.15) is 11.5 Å². The van der Waals surface area contributed by atoms with Gasteiger partial charge in [-0.25, -0.2) is 0 Å². The molecule has 45 heavy (non-hydrogen) atoms. The standard InChI is InChI=1S/2C16H22ClN3O2.ClH/c2*1-22-15-8-13(18)12(17)7-11(15)16(21)19-14-4-6-20-5-2-3-10(14)9-20;/h2*7-8,10,14H,2-6,9,18H2,1H3,(H,19,21);1H/t2*10-,14+;/m00./s1. The molecule has 0 radical (unpaired) electrons. The first-order chi connectivity index (χ1) is 21.2. The van der Waals surface area contributed by atoms with Crippen molar-refractivity contribution < 1.29 is 19.1 Å². The molecule has 4 aliphatic heterocycles. The van der Waals surface area contributed by atoms with E-state index in [1.54, 1.807) is 24.3 Å². The molecule has 4 bridgehead atoms. The van der Waals surface area contributed by atoms with Crippen molar-refractivity contribution in [3.05, 3.63) is 45.4 Å². The average Bonchev–Trinajstić information content (AvgIpc) is 3.02. The van der Waals surface area contributed by atoms with E-state index in [2.05, 4.69) is 20.4 Å². The van der Waals surface area contributed by atoms with Crippen molar-refractivity contribution in [1.29, 1.82) is 0 Å². The van der Waals surface area contributed by atoms with Gasteiger partial charge in [-0.3, -0.25) is 9.59 Å². The second-order valence-electron chi connectivity index (χ2n) is 12.3. The van der Waals surface area contributed by atoms with Crippen LogP contribution >= 0.6 is 35.6 Å². The second-order valence-corrected chi connectivity index (χ2v) is 13.1. The van der Waals surface area contributed by atoms with E-state index < -0.39 is 0 Å². The molecule has 6 atom stereocenters. The summed E-state index contributed by atoms with van der Waals surface area (Å²) in [5.74, 6) is 1.73. The SMILES string of the molecule is COc1cc(N)c(Cl)cc1C(=O)N[C@@H]1CC[N@]2CCC[C@H]1C2.COc1cc(N)c(Cl)cc1C(=O)N[C@@H]1CC[N@]2CCC[C@H]1C2.Cl. The third-order valence-electron chi connectivity index (χ3n) is 9.49. The Hall–Kier alpha value is -2.63. The predicted octanol–water partition coefficient (Wildman–Crippen LogP) is 4.71. The number of nitrogens with one attached hydrogen (secondary N) is 2. The Balaban J connectivity index is 0.000000200. The number of anilines is 2. The van der Waals surface area contributed by atoms with Gasteiger partial charge in [-0.2, -0.15) is 0 Å². The van der Waals surface area contributed by atoms with Gasteiger partial charge in [0.25, 0.3) is 11.8 Å². The number of ether oxygens (including phenoxy) is 2. The zero-order chi connectivity index (χ0) is 31.4. The van der Waals surface area contributed by atoms with Crippen LogP contribution in [0.2, 0.25) is 10.0 Å². The fraction of sp³-hybridized carbons (Fsp3) is 0.562. The number of hydrogen-bond acceptors (Lipinski definition) is 8. The highest BCUT2D eigenvalue weighted by Crippen LogP contribution is 2.32. The lowest BCUT2D eigenvalue weighted by atomic mass is 9.85. The number of carbonyl (C=O) groups excluding carboxylic acids is 2. The minimum absolute atomic E-state index is 0. The molecule has 0 saturated carbocycles. The Morgan fingerprint density at radius 3 is 1.49 bits per heavy atom. The first kappa shape index (κ1) is 35.2. The van der Waals surface area contributed by atoms with Gasteiger partial charge in [0.15, 0.2) is 0 Å². The summed E-state index contributed by atoms with van der Waals surface area (Å²) in [7, 11) is 3.05. The molecule has 10 nitrogen and oxygen atoms in total. The Morgan fingerprint density at radius 1 is 0.711 bits per heavy atom. The van der Waals surface area contributed by atoms with Crippen LogP contribution in [0.5, 0.6) is 11.5 Å². The number of hydrogen-bond donors (Lipinski definition) is 4.